The average molecular weight is 272 g/mol. The van der Waals surface area contributed by atoms with Crippen LogP contribution in [0.4, 0.5) is 5.95 Å². The van der Waals surface area contributed by atoms with Crippen molar-refractivity contribution in [1.82, 2.24) is 9.66 Å². The zero-order chi connectivity index (χ0) is 14.5. The number of benzene rings is 1. The van der Waals surface area contributed by atoms with Crippen LogP contribution in [0.2, 0.25) is 0 Å². The molecule has 0 atom stereocenters. The van der Waals surface area contributed by atoms with Crippen molar-refractivity contribution in [2.75, 3.05) is 5.73 Å². The highest BCUT2D eigenvalue weighted by molar-refractivity contribution is 5.79. The van der Waals surface area contributed by atoms with Crippen molar-refractivity contribution in [3.63, 3.8) is 0 Å². The summed E-state index contributed by atoms with van der Waals surface area (Å²) in [5, 5.41) is 4.27. The number of ether oxygens (including phenoxy) is 1. The summed E-state index contributed by atoms with van der Waals surface area (Å²) in [6, 6.07) is 8.07. The van der Waals surface area contributed by atoms with Gasteiger partial charge in [0.1, 0.15) is 0 Å². The van der Waals surface area contributed by atoms with Gasteiger partial charge in [-0.3, -0.25) is 0 Å². The summed E-state index contributed by atoms with van der Waals surface area (Å²) in [5.41, 5.74) is 8.72. The third-order valence-corrected chi connectivity index (χ3v) is 2.73. The molecule has 5 nitrogen and oxygen atoms in total. The molecule has 20 heavy (non-hydrogen) atoms. The van der Waals surface area contributed by atoms with E-state index in [0.717, 1.165) is 16.8 Å². The Kier molecular flexibility index (Phi) is 4.53. The van der Waals surface area contributed by atoms with Crippen LogP contribution in [0.3, 0.4) is 0 Å². The van der Waals surface area contributed by atoms with E-state index in [2.05, 4.69) is 10.1 Å². The van der Waals surface area contributed by atoms with Crippen LogP contribution < -0.4 is 5.73 Å². The van der Waals surface area contributed by atoms with Crippen molar-refractivity contribution >= 4 is 12.2 Å². The van der Waals surface area contributed by atoms with Gasteiger partial charge in [0.05, 0.1) is 30.8 Å². The summed E-state index contributed by atoms with van der Waals surface area (Å²) in [6.45, 7) is 6.56. The molecular weight excluding hydrogens is 252 g/mol. The molecule has 0 aliphatic rings. The Labute approximate surface area is 119 Å². The number of aromatic nitrogens is 2. The van der Waals surface area contributed by atoms with E-state index in [1.807, 2.05) is 45.0 Å². The minimum absolute atomic E-state index is 0.240. The number of rotatable bonds is 5. The second-order valence-corrected chi connectivity index (χ2v) is 4.93. The van der Waals surface area contributed by atoms with Crippen molar-refractivity contribution in [2.24, 2.45) is 5.10 Å². The van der Waals surface area contributed by atoms with Gasteiger partial charge in [-0.15, -0.1) is 0 Å². The number of hydrogen-bond donors (Lipinski definition) is 1. The van der Waals surface area contributed by atoms with Gasteiger partial charge in [-0.2, -0.15) is 5.10 Å². The minimum atomic E-state index is 0.240. The molecule has 2 N–H and O–H groups in total. The monoisotopic (exact) mass is 272 g/mol. The van der Waals surface area contributed by atoms with Gasteiger partial charge in [0.25, 0.3) is 0 Å². The third-order valence-electron chi connectivity index (χ3n) is 2.73. The van der Waals surface area contributed by atoms with Crippen molar-refractivity contribution in [3.8, 4) is 0 Å². The zero-order valence-electron chi connectivity index (χ0n) is 12.1. The first-order chi connectivity index (χ1) is 9.54. The number of imidazole rings is 1. The first-order valence-electron chi connectivity index (χ1n) is 6.61. The fraction of sp³-hybridized carbons (Fsp3) is 0.333. The zero-order valence-corrected chi connectivity index (χ0v) is 12.1. The Morgan fingerprint density at radius 3 is 2.60 bits per heavy atom. The van der Waals surface area contributed by atoms with E-state index in [0.29, 0.717) is 12.6 Å². The maximum absolute atomic E-state index is 5.72. The molecule has 0 amide bonds. The maximum Gasteiger partial charge on any atom is 0.221 e. The molecule has 0 aliphatic carbocycles. The van der Waals surface area contributed by atoms with Gasteiger partial charge >= 0.3 is 0 Å². The molecule has 1 heterocycles. The van der Waals surface area contributed by atoms with Crippen LogP contribution in [0, 0.1) is 6.92 Å². The quantitative estimate of drug-likeness (QED) is 0.851. The van der Waals surface area contributed by atoms with Crippen LogP contribution in [0.15, 0.2) is 35.6 Å². The molecule has 2 aromatic rings. The van der Waals surface area contributed by atoms with Crippen LogP contribution >= 0.6 is 0 Å². The van der Waals surface area contributed by atoms with Gasteiger partial charge in [-0.05, 0) is 31.9 Å². The molecule has 0 saturated heterocycles. The molecule has 5 heteroatoms. The molecule has 2 rings (SSSR count). The van der Waals surface area contributed by atoms with Crippen molar-refractivity contribution < 1.29 is 4.74 Å². The SMILES string of the molecule is Cc1cn(N=Cc2ccc(COC(C)C)cc2)c(N)n1. The average Bonchev–Trinajstić information content (AvgIpc) is 2.73. The van der Waals surface area contributed by atoms with Crippen molar-refractivity contribution in [2.45, 2.75) is 33.5 Å². The van der Waals surface area contributed by atoms with Crippen LogP contribution in [0.5, 0.6) is 0 Å². The molecule has 0 aliphatic heterocycles. The highest BCUT2D eigenvalue weighted by Gasteiger charge is 1.99. The van der Waals surface area contributed by atoms with Gasteiger partial charge in [0.15, 0.2) is 0 Å². The third kappa shape index (κ3) is 3.93. The van der Waals surface area contributed by atoms with Crippen molar-refractivity contribution in [3.05, 3.63) is 47.3 Å². The molecule has 1 aromatic carbocycles. The second-order valence-electron chi connectivity index (χ2n) is 4.93. The Balaban J connectivity index is 2.01. The number of anilines is 1. The van der Waals surface area contributed by atoms with E-state index >= 15 is 0 Å². The van der Waals surface area contributed by atoms with E-state index < -0.39 is 0 Å². The molecule has 0 fully saturated rings. The summed E-state index contributed by atoms with van der Waals surface area (Å²) in [6.07, 6.45) is 3.78. The highest BCUT2D eigenvalue weighted by Crippen LogP contribution is 2.07. The molecular formula is C15H20N4O. The lowest BCUT2D eigenvalue weighted by molar-refractivity contribution is 0.0657. The van der Waals surface area contributed by atoms with E-state index in [4.69, 9.17) is 10.5 Å². The summed E-state index contributed by atoms with van der Waals surface area (Å²) < 4.78 is 7.11. The van der Waals surface area contributed by atoms with Crippen LogP contribution in [0.1, 0.15) is 30.7 Å². The van der Waals surface area contributed by atoms with Gasteiger partial charge in [-0.1, -0.05) is 24.3 Å². The Hall–Kier alpha value is -2.14. The van der Waals surface area contributed by atoms with Crippen LogP contribution in [-0.4, -0.2) is 22.0 Å². The van der Waals surface area contributed by atoms with E-state index in [1.54, 1.807) is 17.1 Å². The smallest absolute Gasteiger partial charge is 0.221 e. The maximum atomic E-state index is 5.72. The fourth-order valence-electron chi connectivity index (χ4n) is 1.69. The van der Waals surface area contributed by atoms with Gasteiger partial charge in [0.2, 0.25) is 5.95 Å². The molecule has 0 radical (unpaired) electrons. The first kappa shape index (κ1) is 14.3. The standard InChI is InChI=1S/C15H20N4O/c1-11(2)20-10-14-6-4-13(5-7-14)8-17-19-9-12(3)18-15(19)16/h4-9,11H,10H2,1-3H3,(H2,16,18). The molecule has 0 bridgehead atoms. The largest absolute Gasteiger partial charge is 0.374 e. The number of nitrogen functional groups attached to an aromatic ring is 1. The summed E-state index contributed by atoms with van der Waals surface area (Å²) in [7, 11) is 0. The summed E-state index contributed by atoms with van der Waals surface area (Å²) >= 11 is 0. The van der Waals surface area contributed by atoms with E-state index in [-0.39, 0.29) is 6.10 Å². The molecule has 0 unspecified atom stereocenters. The summed E-state index contributed by atoms with van der Waals surface area (Å²) in [5.74, 6) is 0.390. The Morgan fingerprint density at radius 2 is 2.05 bits per heavy atom. The van der Waals surface area contributed by atoms with Gasteiger partial charge in [-0.25, -0.2) is 9.66 Å². The lowest BCUT2D eigenvalue weighted by atomic mass is 10.1. The van der Waals surface area contributed by atoms with E-state index in [9.17, 15) is 0 Å². The predicted molar refractivity (Wildman–Crippen MR) is 80.7 cm³/mol. The molecule has 0 saturated carbocycles. The lowest BCUT2D eigenvalue weighted by Crippen LogP contribution is -2.02. The predicted octanol–water partition coefficient (Wildman–Crippen LogP) is 2.58. The van der Waals surface area contributed by atoms with Gasteiger partial charge < -0.3 is 10.5 Å². The first-order valence-corrected chi connectivity index (χ1v) is 6.61. The number of aryl methyl sites for hydroxylation is 1. The normalized spacial score (nSPS) is 11.6. The van der Waals surface area contributed by atoms with Crippen LogP contribution in [0.25, 0.3) is 0 Å². The number of nitrogens with zero attached hydrogens (tertiary/aromatic N) is 3. The van der Waals surface area contributed by atoms with E-state index in [1.165, 1.54) is 0 Å². The highest BCUT2D eigenvalue weighted by atomic mass is 16.5. The van der Waals surface area contributed by atoms with Gasteiger partial charge in [0, 0.05) is 0 Å². The fourth-order valence-corrected chi connectivity index (χ4v) is 1.69. The molecule has 1 aromatic heterocycles. The molecule has 0 spiro atoms. The number of nitrogens with two attached hydrogens (primary N) is 1. The van der Waals surface area contributed by atoms with Crippen LogP contribution in [-0.2, 0) is 11.3 Å². The summed E-state index contributed by atoms with van der Waals surface area (Å²) in [4.78, 5) is 4.09. The number of hydrogen-bond acceptors (Lipinski definition) is 4. The lowest BCUT2D eigenvalue weighted by Gasteiger charge is -2.07. The Morgan fingerprint density at radius 1 is 1.35 bits per heavy atom. The minimum Gasteiger partial charge on any atom is -0.374 e. The topological polar surface area (TPSA) is 65.4 Å². The Bertz CT molecular complexity index is 584. The molecule has 106 valence electrons. The van der Waals surface area contributed by atoms with Crippen molar-refractivity contribution in [1.29, 1.82) is 0 Å². The second kappa shape index (κ2) is 6.34.